The molecule has 7 nitrogen and oxygen atoms in total. The Morgan fingerprint density at radius 1 is 1.10 bits per heavy atom. The van der Waals surface area contributed by atoms with Crippen LogP contribution in [0.25, 0.3) is 5.65 Å². The Hall–Kier alpha value is -2.39. The Balaban J connectivity index is 1.40. The van der Waals surface area contributed by atoms with E-state index in [0.717, 1.165) is 23.8 Å². The van der Waals surface area contributed by atoms with Crippen LogP contribution in [0.15, 0.2) is 12.1 Å². The summed E-state index contributed by atoms with van der Waals surface area (Å²) in [6.45, 7) is 3.33. The van der Waals surface area contributed by atoms with Crippen molar-refractivity contribution < 1.29 is 18.0 Å². The fraction of sp³-hybridized carbons (Fsp3) is 0.684. The van der Waals surface area contributed by atoms with Crippen LogP contribution in [0.4, 0.5) is 19.0 Å². The fourth-order valence-electron chi connectivity index (χ4n) is 4.33. The number of anilines is 1. The van der Waals surface area contributed by atoms with Crippen LogP contribution in [0, 0.1) is 11.8 Å². The maximum Gasteiger partial charge on any atom is 0.453 e. The quantitative estimate of drug-likeness (QED) is 0.842. The molecule has 10 heteroatoms. The molecule has 0 bridgehead atoms. The van der Waals surface area contributed by atoms with Crippen molar-refractivity contribution in [3.05, 3.63) is 18.0 Å². The van der Waals surface area contributed by atoms with E-state index in [1.807, 2.05) is 4.90 Å². The van der Waals surface area contributed by atoms with E-state index in [9.17, 15) is 18.0 Å². The molecule has 0 aromatic carbocycles. The van der Waals surface area contributed by atoms with Crippen molar-refractivity contribution in [3.8, 4) is 0 Å². The molecule has 29 heavy (non-hydrogen) atoms. The van der Waals surface area contributed by atoms with Crippen LogP contribution >= 0.6 is 0 Å². The maximum atomic E-state index is 13.1. The highest BCUT2D eigenvalue weighted by Crippen LogP contribution is 2.29. The number of rotatable bonds is 3. The van der Waals surface area contributed by atoms with Crippen molar-refractivity contribution >= 4 is 17.4 Å². The lowest BCUT2D eigenvalue weighted by atomic mass is 9.85. The number of hydrogen-bond acceptors (Lipinski definition) is 5. The predicted molar refractivity (Wildman–Crippen MR) is 100 cm³/mol. The summed E-state index contributed by atoms with van der Waals surface area (Å²) in [5, 5.41) is 14.0. The minimum atomic E-state index is -4.62. The van der Waals surface area contributed by atoms with Crippen molar-refractivity contribution in [2.45, 2.75) is 57.7 Å². The van der Waals surface area contributed by atoms with Crippen LogP contribution in [-0.2, 0) is 11.0 Å². The van der Waals surface area contributed by atoms with Crippen molar-refractivity contribution in [2.24, 2.45) is 11.8 Å². The number of alkyl halides is 3. The van der Waals surface area contributed by atoms with Crippen LogP contribution in [-0.4, -0.2) is 44.8 Å². The second-order valence-corrected chi connectivity index (χ2v) is 8.12. The molecule has 1 aliphatic carbocycles. The zero-order valence-corrected chi connectivity index (χ0v) is 16.3. The minimum absolute atomic E-state index is 0.0527. The van der Waals surface area contributed by atoms with Gasteiger partial charge in [0.1, 0.15) is 5.82 Å². The summed E-state index contributed by atoms with van der Waals surface area (Å²) in [5.74, 6) is -0.155. The van der Waals surface area contributed by atoms with Gasteiger partial charge in [-0.05, 0) is 43.7 Å². The zero-order valence-electron chi connectivity index (χ0n) is 16.3. The van der Waals surface area contributed by atoms with Crippen molar-refractivity contribution in [3.63, 3.8) is 0 Å². The van der Waals surface area contributed by atoms with Gasteiger partial charge in [0.05, 0.1) is 0 Å². The minimum Gasteiger partial charge on any atom is -0.355 e. The molecule has 2 aromatic rings. The molecule has 3 heterocycles. The third-order valence-corrected chi connectivity index (χ3v) is 6.13. The molecular formula is C19H25F3N6O. The summed E-state index contributed by atoms with van der Waals surface area (Å²) in [6, 6.07) is 3.38. The number of carbonyl (C=O) groups excluding carboxylic acids is 1. The van der Waals surface area contributed by atoms with E-state index in [0.29, 0.717) is 37.7 Å². The fourth-order valence-corrected chi connectivity index (χ4v) is 4.33. The number of hydrogen-bond donors (Lipinski definition) is 1. The first kappa shape index (κ1) is 19.9. The number of fused-ring (bicyclic) bond motifs is 1. The first-order valence-corrected chi connectivity index (χ1v) is 10.2. The van der Waals surface area contributed by atoms with Crippen molar-refractivity contribution in [1.29, 1.82) is 0 Å². The lowest BCUT2D eigenvalue weighted by Gasteiger charge is -2.34. The van der Waals surface area contributed by atoms with E-state index >= 15 is 0 Å². The van der Waals surface area contributed by atoms with Gasteiger partial charge < -0.3 is 10.2 Å². The van der Waals surface area contributed by atoms with E-state index in [-0.39, 0.29) is 23.5 Å². The zero-order chi connectivity index (χ0) is 20.6. The van der Waals surface area contributed by atoms with Gasteiger partial charge in [-0.1, -0.05) is 19.8 Å². The summed E-state index contributed by atoms with van der Waals surface area (Å²) in [4.78, 5) is 14.6. The van der Waals surface area contributed by atoms with Crippen LogP contribution in [0.2, 0.25) is 0 Å². The number of aromatic nitrogens is 4. The molecule has 1 N–H and O–H groups in total. The highest BCUT2D eigenvalue weighted by atomic mass is 19.4. The van der Waals surface area contributed by atoms with Gasteiger partial charge in [0.15, 0.2) is 5.65 Å². The average Bonchev–Trinajstić information content (AvgIpc) is 3.13. The predicted octanol–water partition coefficient (Wildman–Crippen LogP) is 3.05. The van der Waals surface area contributed by atoms with E-state index in [1.54, 1.807) is 6.07 Å². The molecule has 2 fully saturated rings. The topological polar surface area (TPSA) is 75.4 Å². The van der Waals surface area contributed by atoms with Crippen LogP contribution in [0.1, 0.15) is 51.3 Å². The Morgan fingerprint density at radius 3 is 2.52 bits per heavy atom. The number of halogens is 3. The standard InChI is InChI=1S/C19H25F3N6O/c1-12-4-2-3-5-14(12)23-17(29)13-8-10-27(11-9-13)16-7-6-15-24-25-18(19(20,21)22)28(15)26-16/h6-7,12-14H,2-5,8-11H2,1H3,(H,23,29)/t12-,14-/m0/s1. The Labute approximate surface area is 166 Å². The molecule has 1 aliphatic heterocycles. The normalized spacial score (nSPS) is 24.1. The molecule has 1 saturated heterocycles. The van der Waals surface area contributed by atoms with Gasteiger partial charge in [-0.25, -0.2) is 0 Å². The average molecular weight is 410 g/mol. The van der Waals surface area contributed by atoms with Gasteiger partial charge in [0, 0.05) is 25.0 Å². The molecular weight excluding hydrogens is 385 g/mol. The molecule has 2 atom stereocenters. The van der Waals surface area contributed by atoms with Gasteiger partial charge in [-0.2, -0.15) is 17.7 Å². The summed E-state index contributed by atoms with van der Waals surface area (Å²) in [6.07, 6.45) is 1.27. The monoisotopic (exact) mass is 410 g/mol. The molecule has 0 unspecified atom stereocenters. The first-order valence-electron chi connectivity index (χ1n) is 10.2. The van der Waals surface area contributed by atoms with E-state index in [1.165, 1.54) is 12.5 Å². The van der Waals surface area contributed by atoms with E-state index in [4.69, 9.17) is 0 Å². The summed E-state index contributed by atoms with van der Waals surface area (Å²) >= 11 is 0. The van der Waals surface area contributed by atoms with Crippen molar-refractivity contribution in [2.75, 3.05) is 18.0 Å². The summed E-state index contributed by atoms with van der Waals surface area (Å²) in [7, 11) is 0. The molecule has 0 radical (unpaired) electrons. The number of nitrogens with one attached hydrogen (secondary N) is 1. The van der Waals surface area contributed by atoms with Crippen LogP contribution in [0.5, 0.6) is 0 Å². The molecule has 2 aliphatic rings. The second-order valence-electron chi connectivity index (χ2n) is 8.12. The van der Waals surface area contributed by atoms with Gasteiger partial charge in [0.2, 0.25) is 5.91 Å². The number of nitrogens with zero attached hydrogens (tertiary/aromatic N) is 5. The SMILES string of the molecule is C[C@H]1CCCC[C@@H]1NC(=O)C1CCN(c2ccc3nnc(C(F)(F)F)n3n2)CC1. The third kappa shape index (κ3) is 4.16. The largest absolute Gasteiger partial charge is 0.453 e. The summed E-state index contributed by atoms with van der Waals surface area (Å²) < 4.78 is 39.9. The number of piperidine rings is 1. The molecule has 1 saturated carbocycles. The van der Waals surface area contributed by atoms with Gasteiger partial charge >= 0.3 is 6.18 Å². The molecule has 4 rings (SSSR count). The highest BCUT2D eigenvalue weighted by Gasteiger charge is 2.38. The van der Waals surface area contributed by atoms with Crippen LogP contribution in [0.3, 0.4) is 0 Å². The first-order chi connectivity index (χ1) is 13.8. The van der Waals surface area contributed by atoms with E-state index < -0.39 is 12.0 Å². The molecule has 0 spiro atoms. The Bertz CT molecular complexity index is 874. The molecule has 158 valence electrons. The third-order valence-electron chi connectivity index (χ3n) is 6.13. The maximum absolute atomic E-state index is 13.1. The summed E-state index contributed by atoms with van der Waals surface area (Å²) in [5.41, 5.74) is 0.0527. The smallest absolute Gasteiger partial charge is 0.355 e. The lowest BCUT2D eigenvalue weighted by Crippen LogP contribution is -2.46. The number of amides is 1. The molecule has 2 aromatic heterocycles. The molecule has 1 amide bonds. The van der Waals surface area contributed by atoms with Gasteiger partial charge in [-0.3, -0.25) is 4.79 Å². The Morgan fingerprint density at radius 2 is 1.83 bits per heavy atom. The Kier molecular flexibility index (Phi) is 5.35. The van der Waals surface area contributed by atoms with Crippen molar-refractivity contribution in [1.82, 2.24) is 25.1 Å². The van der Waals surface area contributed by atoms with Gasteiger partial charge in [-0.15, -0.1) is 15.3 Å². The van der Waals surface area contributed by atoms with E-state index in [2.05, 4.69) is 27.5 Å². The lowest BCUT2D eigenvalue weighted by molar-refractivity contribution is -0.146. The van der Waals surface area contributed by atoms with Gasteiger partial charge in [0.25, 0.3) is 5.82 Å². The highest BCUT2D eigenvalue weighted by molar-refractivity contribution is 5.79. The van der Waals surface area contributed by atoms with Crippen LogP contribution < -0.4 is 10.2 Å². The number of carbonyl (C=O) groups is 1. The second kappa shape index (κ2) is 7.79.